The summed E-state index contributed by atoms with van der Waals surface area (Å²) in [4.78, 5) is 12.4. The van der Waals surface area contributed by atoms with Gasteiger partial charge in [0.2, 0.25) is 10.0 Å². The standard InChI is InChI=1S/C22H27FN2O3S/c1-29(27,28)25(21-9-5-8-20(23)14-21)16-18-10-12-19(13-11-18)22(26)24-15-17-6-3-2-4-7-17/h5,8-14,17H,2-4,6-7,15-16H2,1H3,(H,24,26). The molecule has 1 N–H and O–H groups in total. The summed E-state index contributed by atoms with van der Waals surface area (Å²) in [5, 5.41) is 3.00. The Labute approximate surface area is 172 Å². The summed E-state index contributed by atoms with van der Waals surface area (Å²) in [5.74, 6) is -0.0603. The van der Waals surface area contributed by atoms with Crippen LogP contribution in [0.15, 0.2) is 48.5 Å². The van der Waals surface area contributed by atoms with Crippen LogP contribution >= 0.6 is 0 Å². The van der Waals surface area contributed by atoms with Crippen molar-refractivity contribution in [2.24, 2.45) is 5.92 Å². The number of nitrogens with one attached hydrogen (secondary N) is 1. The minimum atomic E-state index is -3.59. The highest BCUT2D eigenvalue weighted by Crippen LogP contribution is 2.23. The fraction of sp³-hybridized carbons (Fsp3) is 0.409. The molecule has 1 saturated carbocycles. The molecule has 0 spiro atoms. The third kappa shape index (κ3) is 6.03. The monoisotopic (exact) mass is 418 g/mol. The first-order valence-electron chi connectivity index (χ1n) is 9.93. The zero-order valence-corrected chi connectivity index (χ0v) is 17.4. The topological polar surface area (TPSA) is 66.5 Å². The van der Waals surface area contributed by atoms with Gasteiger partial charge in [-0.3, -0.25) is 9.10 Å². The Bertz CT molecular complexity index is 939. The number of carbonyl (C=O) groups excluding carboxylic acids is 1. The van der Waals surface area contributed by atoms with Crippen molar-refractivity contribution in [2.45, 2.75) is 38.6 Å². The molecule has 0 bridgehead atoms. The molecule has 5 nitrogen and oxygen atoms in total. The molecule has 0 saturated heterocycles. The molecule has 1 aliphatic carbocycles. The van der Waals surface area contributed by atoms with Crippen LogP contribution in [-0.4, -0.2) is 27.1 Å². The summed E-state index contributed by atoms with van der Waals surface area (Å²) in [6.07, 6.45) is 7.17. The maximum absolute atomic E-state index is 13.5. The highest BCUT2D eigenvalue weighted by atomic mass is 32.2. The number of halogens is 1. The molecule has 29 heavy (non-hydrogen) atoms. The molecule has 0 aromatic heterocycles. The van der Waals surface area contributed by atoms with E-state index >= 15 is 0 Å². The van der Waals surface area contributed by atoms with Crippen molar-refractivity contribution in [3.63, 3.8) is 0 Å². The Hall–Kier alpha value is -2.41. The third-order valence-electron chi connectivity index (χ3n) is 5.31. The minimum Gasteiger partial charge on any atom is -0.352 e. The molecule has 1 aliphatic rings. The number of rotatable bonds is 7. The van der Waals surface area contributed by atoms with Gasteiger partial charge in [0.1, 0.15) is 5.82 Å². The highest BCUT2D eigenvalue weighted by Gasteiger charge is 2.19. The molecule has 7 heteroatoms. The third-order valence-corrected chi connectivity index (χ3v) is 6.46. The summed E-state index contributed by atoms with van der Waals surface area (Å²) < 4.78 is 39.1. The van der Waals surface area contributed by atoms with Crippen molar-refractivity contribution >= 4 is 21.6 Å². The zero-order valence-electron chi connectivity index (χ0n) is 16.6. The van der Waals surface area contributed by atoms with Crippen molar-refractivity contribution in [1.29, 1.82) is 0 Å². The molecule has 3 rings (SSSR count). The van der Waals surface area contributed by atoms with E-state index in [1.807, 2.05) is 0 Å². The second-order valence-corrected chi connectivity index (χ2v) is 9.57. The van der Waals surface area contributed by atoms with E-state index in [0.717, 1.165) is 10.6 Å². The lowest BCUT2D eigenvalue weighted by Gasteiger charge is -2.23. The number of hydrogen-bond donors (Lipinski definition) is 1. The molecule has 0 atom stereocenters. The smallest absolute Gasteiger partial charge is 0.251 e. The van der Waals surface area contributed by atoms with Crippen LogP contribution < -0.4 is 9.62 Å². The van der Waals surface area contributed by atoms with Crippen LogP contribution in [0.3, 0.4) is 0 Å². The van der Waals surface area contributed by atoms with Crippen molar-refractivity contribution in [2.75, 3.05) is 17.1 Å². The van der Waals surface area contributed by atoms with E-state index in [4.69, 9.17) is 0 Å². The zero-order chi connectivity index (χ0) is 20.9. The molecule has 2 aromatic rings. The van der Waals surface area contributed by atoms with E-state index in [1.165, 1.54) is 50.3 Å². The number of hydrogen-bond acceptors (Lipinski definition) is 3. The molecule has 1 fully saturated rings. The fourth-order valence-corrected chi connectivity index (χ4v) is 4.57. The number of amides is 1. The first-order chi connectivity index (χ1) is 13.8. The first-order valence-corrected chi connectivity index (χ1v) is 11.8. The van der Waals surface area contributed by atoms with Gasteiger partial charge in [0.15, 0.2) is 0 Å². The second-order valence-electron chi connectivity index (χ2n) is 7.66. The normalized spacial score (nSPS) is 15.1. The maximum Gasteiger partial charge on any atom is 0.251 e. The average molecular weight is 419 g/mol. The van der Waals surface area contributed by atoms with E-state index < -0.39 is 15.8 Å². The van der Waals surface area contributed by atoms with Crippen LogP contribution in [0.2, 0.25) is 0 Å². The summed E-state index contributed by atoms with van der Waals surface area (Å²) in [7, 11) is -3.59. The largest absolute Gasteiger partial charge is 0.352 e. The molecular weight excluding hydrogens is 391 g/mol. The number of sulfonamides is 1. The van der Waals surface area contributed by atoms with Gasteiger partial charge in [-0.1, -0.05) is 37.5 Å². The Morgan fingerprint density at radius 3 is 2.41 bits per heavy atom. The van der Waals surface area contributed by atoms with Crippen molar-refractivity contribution < 1.29 is 17.6 Å². The second kappa shape index (κ2) is 9.39. The molecule has 0 aliphatic heterocycles. The van der Waals surface area contributed by atoms with Gasteiger partial charge in [-0.15, -0.1) is 0 Å². The van der Waals surface area contributed by atoms with E-state index in [-0.39, 0.29) is 18.1 Å². The summed E-state index contributed by atoms with van der Waals surface area (Å²) in [5.41, 5.74) is 1.52. The number of anilines is 1. The van der Waals surface area contributed by atoms with E-state index in [9.17, 15) is 17.6 Å². The van der Waals surface area contributed by atoms with Crippen LogP contribution in [0.1, 0.15) is 48.0 Å². The van der Waals surface area contributed by atoms with Gasteiger partial charge >= 0.3 is 0 Å². The Morgan fingerprint density at radius 1 is 1.10 bits per heavy atom. The average Bonchev–Trinajstić information content (AvgIpc) is 2.70. The van der Waals surface area contributed by atoms with Crippen LogP contribution in [-0.2, 0) is 16.6 Å². The minimum absolute atomic E-state index is 0.0618. The summed E-state index contributed by atoms with van der Waals surface area (Å²) in [6.45, 7) is 0.758. The quantitative estimate of drug-likeness (QED) is 0.736. The first kappa shape index (κ1) is 21.3. The van der Waals surface area contributed by atoms with Gasteiger partial charge in [0, 0.05) is 12.1 Å². The van der Waals surface area contributed by atoms with Gasteiger partial charge in [0.25, 0.3) is 5.91 Å². The van der Waals surface area contributed by atoms with Crippen LogP contribution in [0, 0.1) is 11.7 Å². The predicted molar refractivity (Wildman–Crippen MR) is 113 cm³/mol. The van der Waals surface area contributed by atoms with Gasteiger partial charge in [0.05, 0.1) is 18.5 Å². The summed E-state index contributed by atoms with van der Waals surface area (Å²) >= 11 is 0. The Kier molecular flexibility index (Phi) is 6.90. The SMILES string of the molecule is CS(=O)(=O)N(Cc1ccc(C(=O)NCC2CCCCC2)cc1)c1cccc(F)c1. The van der Waals surface area contributed by atoms with Gasteiger partial charge in [-0.25, -0.2) is 12.8 Å². The lowest BCUT2D eigenvalue weighted by Crippen LogP contribution is -2.30. The van der Waals surface area contributed by atoms with Crippen LogP contribution in [0.5, 0.6) is 0 Å². The fourth-order valence-electron chi connectivity index (χ4n) is 3.69. The predicted octanol–water partition coefficient (Wildman–Crippen LogP) is 4.10. The molecule has 156 valence electrons. The lowest BCUT2D eigenvalue weighted by molar-refractivity contribution is 0.0943. The Morgan fingerprint density at radius 2 is 1.79 bits per heavy atom. The molecule has 1 amide bonds. The van der Waals surface area contributed by atoms with Crippen molar-refractivity contribution in [1.82, 2.24) is 5.32 Å². The number of carbonyl (C=O) groups is 1. The molecule has 2 aromatic carbocycles. The van der Waals surface area contributed by atoms with Gasteiger partial charge < -0.3 is 5.32 Å². The van der Waals surface area contributed by atoms with Crippen LogP contribution in [0.4, 0.5) is 10.1 Å². The Balaban J connectivity index is 1.65. The number of benzene rings is 2. The molecule has 0 heterocycles. The van der Waals surface area contributed by atoms with Crippen molar-refractivity contribution in [3.05, 3.63) is 65.5 Å². The van der Waals surface area contributed by atoms with E-state index in [1.54, 1.807) is 30.3 Å². The van der Waals surface area contributed by atoms with E-state index in [2.05, 4.69) is 5.32 Å². The van der Waals surface area contributed by atoms with E-state index in [0.29, 0.717) is 23.6 Å². The van der Waals surface area contributed by atoms with Crippen LogP contribution in [0.25, 0.3) is 0 Å². The maximum atomic E-state index is 13.5. The van der Waals surface area contributed by atoms with Gasteiger partial charge in [-0.2, -0.15) is 0 Å². The molecular formula is C22H27FN2O3S. The molecule has 0 radical (unpaired) electrons. The molecule has 0 unspecified atom stereocenters. The highest BCUT2D eigenvalue weighted by molar-refractivity contribution is 7.92. The number of nitrogens with zero attached hydrogens (tertiary/aromatic N) is 1. The van der Waals surface area contributed by atoms with Gasteiger partial charge in [-0.05, 0) is 54.7 Å². The van der Waals surface area contributed by atoms with Crippen molar-refractivity contribution in [3.8, 4) is 0 Å². The summed E-state index contributed by atoms with van der Waals surface area (Å²) in [6, 6.07) is 12.3. The lowest BCUT2D eigenvalue weighted by atomic mass is 9.89.